The molecule has 3 rings (SSSR count). The molecule has 22 heavy (non-hydrogen) atoms. The van der Waals surface area contributed by atoms with E-state index in [4.69, 9.17) is 9.47 Å². The van der Waals surface area contributed by atoms with E-state index in [1.54, 1.807) is 0 Å². The standard InChI is InChI=1S/C17H24O5/c18-13(9-14-3-1-2-4-16(19)22-14)10-21-17(20)15-8-11-5-6-12(15)7-11/h5-6,11-15,18H,1-4,7-10H2. The second-order valence-electron chi connectivity index (χ2n) is 6.76. The van der Waals surface area contributed by atoms with E-state index in [-0.39, 0.29) is 30.6 Å². The third-order valence-electron chi connectivity index (χ3n) is 4.99. The summed E-state index contributed by atoms with van der Waals surface area (Å²) in [5, 5.41) is 10.0. The molecule has 0 aromatic rings. The smallest absolute Gasteiger partial charge is 0.309 e. The first kappa shape index (κ1) is 15.5. The molecule has 122 valence electrons. The lowest BCUT2D eigenvalue weighted by molar-refractivity contribution is -0.156. The number of hydrogen-bond donors (Lipinski definition) is 1. The number of esters is 2. The molecule has 1 saturated carbocycles. The maximum Gasteiger partial charge on any atom is 0.309 e. The van der Waals surface area contributed by atoms with Gasteiger partial charge in [0.15, 0.2) is 0 Å². The molecule has 1 N–H and O–H groups in total. The second-order valence-corrected chi connectivity index (χ2v) is 6.76. The highest BCUT2D eigenvalue weighted by molar-refractivity contribution is 5.74. The van der Waals surface area contributed by atoms with Crippen LogP contribution in [-0.2, 0) is 19.1 Å². The van der Waals surface area contributed by atoms with Crippen LogP contribution in [0.2, 0.25) is 0 Å². The van der Waals surface area contributed by atoms with E-state index in [0.717, 1.165) is 32.1 Å². The van der Waals surface area contributed by atoms with Gasteiger partial charge in [0.05, 0.1) is 12.0 Å². The number of aliphatic hydroxyl groups excluding tert-OH is 1. The van der Waals surface area contributed by atoms with Gasteiger partial charge >= 0.3 is 11.9 Å². The highest BCUT2D eigenvalue weighted by atomic mass is 16.6. The maximum atomic E-state index is 12.1. The van der Waals surface area contributed by atoms with Crippen LogP contribution in [0.15, 0.2) is 12.2 Å². The Bertz CT molecular complexity index is 458. The van der Waals surface area contributed by atoms with Crippen molar-refractivity contribution >= 4 is 11.9 Å². The van der Waals surface area contributed by atoms with Crippen molar-refractivity contribution in [3.05, 3.63) is 12.2 Å². The summed E-state index contributed by atoms with van der Waals surface area (Å²) in [5.74, 6) is 0.405. The van der Waals surface area contributed by atoms with Crippen molar-refractivity contribution < 1.29 is 24.2 Å². The van der Waals surface area contributed by atoms with E-state index in [1.165, 1.54) is 0 Å². The summed E-state index contributed by atoms with van der Waals surface area (Å²) in [6.45, 7) is -0.00944. The summed E-state index contributed by atoms with van der Waals surface area (Å²) in [5.41, 5.74) is 0. The normalized spacial score (nSPS) is 35.0. The van der Waals surface area contributed by atoms with Crippen molar-refractivity contribution in [1.29, 1.82) is 0 Å². The number of fused-ring (bicyclic) bond motifs is 2. The molecule has 0 aromatic heterocycles. The molecule has 0 aromatic carbocycles. The molecule has 5 unspecified atom stereocenters. The van der Waals surface area contributed by atoms with E-state index in [2.05, 4.69) is 12.2 Å². The largest absolute Gasteiger partial charge is 0.463 e. The number of cyclic esters (lactones) is 1. The predicted octanol–water partition coefficient (Wildman–Crippen LogP) is 1.98. The van der Waals surface area contributed by atoms with Gasteiger partial charge in [-0.1, -0.05) is 12.2 Å². The van der Waals surface area contributed by atoms with Crippen LogP contribution < -0.4 is 0 Å². The van der Waals surface area contributed by atoms with Crippen LogP contribution in [0.1, 0.15) is 44.9 Å². The van der Waals surface area contributed by atoms with E-state index >= 15 is 0 Å². The molecule has 3 aliphatic rings. The van der Waals surface area contributed by atoms with Crippen LogP contribution >= 0.6 is 0 Å². The van der Waals surface area contributed by atoms with Crippen LogP contribution in [0.3, 0.4) is 0 Å². The summed E-state index contributed by atoms with van der Waals surface area (Å²) < 4.78 is 10.6. The molecule has 0 spiro atoms. The number of carbonyl (C=O) groups excluding carboxylic acids is 2. The third-order valence-corrected chi connectivity index (χ3v) is 4.99. The lowest BCUT2D eigenvalue weighted by Crippen LogP contribution is -2.29. The Labute approximate surface area is 130 Å². The molecule has 1 aliphatic heterocycles. The van der Waals surface area contributed by atoms with Crippen molar-refractivity contribution in [1.82, 2.24) is 0 Å². The summed E-state index contributed by atoms with van der Waals surface area (Å²) in [6, 6.07) is 0. The van der Waals surface area contributed by atoms with E-state index in [0.29, 0.717) is 24.7 Å². The number of carbonyl (C=O) groups is 2. The number of hydrogen-bond acceptors (Lipinski definition) is 5. The van der Waals surface area contributed by atoms with Crippen LogP contribution in [0, 0.1) is 17.8 Å². The van der Waals surface area contributed by atoms with Gasteiger partial charge in [0.1, 0.15) is 12.7 Å². The highest BCUT2D eigenvalue weighted by Gasteiger charge is 2.40. The van der Waals surface area contributed by atoms with E-state index < -0.39 is 6.10 Å². The Morgan fingerprint density at radius 3 is 2.95 bits per heavy atom. The highest BCUT2D eigenvalue weighted by Crippen LogP contribution is 2.43. The average molecular weight is 308 g/mol. The molecule has 2 fully saturated rings. The molecular formula is C17H24O5. The van der Waals surface area contributed by atoms with Gasteiger partial charge in [-0.05, 0) is 43.9 Å². The number of allylic oxidation sites excluding steroid dienone is 2. The van der Waals surface area contributed by atoms with Gasteiger partial charge in [-0.15, -0.1) is 0 Å². The number of rotatable bonds is 5. The van der Waals surface area contributed by atoms with Crippen LogP contribution in [0.4, 0.5) is 0 Å². The first-order chi connectivity index (χ1) is 10.6. The zero-order valence-corrected chi connectivity index (χ0v) is 12.8. The Balaban J connectivity index is 1.40. The van der Waals surface area contributed by atoms with Gasteiger partial charge < -0.3 is 14.6 Å². The Kier molecular flexibility index (Phi) is 4.81. The molecule has 2 aliphatic carbocycles. The monoisotopic (exact) mass is 308 g/mol. The van der Waals surface area contributed by atoms with Gasteiger partial charge in [0, 0.05) is 12.8 Å². The molecule has 1 heterocycles. The van der Waals surface area contributed by atoms with Crippen LogP contribution in [0.25, 0.3) is 0 Å². The fourth-order valence-electron chi connectivity index (χ4n) is 3.82. The molecule has 0 amide bonds. The molecule has 5 nitrogen and oxygen atoms in total. The van der Waals surface area contributed by atoms with Crippen molar-refractivity contribution in [2.75, 3.05) is 6.61 Å². The SMILES string of the molecule is O=C1CCCCC(CC(O)COC(=O)C2CC3C=CC2C3)O1. The van der Waals surface area contributed by atoms with Crippen molar-refractivity contribution in [2.45, 2.75) is 57.2 Å². The molecule has 0 radical (unpaired) electrons. The van der Waals surface area contributed by atoms with E-state index in [1.807, 2.05) is 0 Å². The number of aliphatic hydroxyl groups is 1. The van der Waals surface area contributed by atoms with Crippen LogP contribution in [0.5, 0.6) is 0 Å². The minimum Gasteiger partial charge on any atom is -0.463 e. The second kappa shape index (κ2) is 6.82. The summed E-state index contributed by atoms with van der Waals surface area (Å²) in [6.07, 6.45) is 8.55. The molecule has 5 heteroatoms. The summed E-state index contributed by atoms with van der Waals surface area (Å²) in [4.78, 5) is 23.5. The van der Waals surface area contributed by atoms with Crippen molar-refractivity contribution in [3.63, 3.8) is 0 Å². The topological polar surface area (TPSA) is 72.8 Å². The zero-order chi connectivity index (χ0) is 15.5. The quantitative estimate of drug-likeness (QED) is 0.621. The Hall–Kier alpha value is -1.36. The van der Waals surface area contributed by atoms with Gasteiger partial charge in [0.2, 0.25) is 0 Å². The first-order valence-corrected chi connectivity index (χ1v) is 8.34. The maximum absolute atomic E-state index is 12.1. The third kappa shape index (κ3) is 3.69. The molecule has 2 bridgehead atoms. The summed E-state index contributed by atoms with van der Waals surface area (Å²) >= 11 is 0. The van der Waals surface area contributed by atoms with Gasteiger partial charge in [-0.25, -0.2) is 0 Å². The first-order valence-electron chi connectivity index (χ1n) is 8.34. The Morgan fingerprint density at radius 1 is 1.36 bits per heavy atom. The van der Waals surface area contributed by atoms with Crippen molar-refractivity contribution in [2.24, 2.45) is 17.8 Å². The minimum absolute atomic E-state index is 0.00944. The van der Waals surface area contributed by atoms with Crippen molar-refractivity contribution in [3.8, 4) is 0 Å². The van der Waals surface area contributed by atoms with Gasteiger partial charge in [-0.2, -0.15) is 0 Å². The predicted molar refractivity (Wildman–Crippen MR) is 78.8 cm³/mol. The lowest BCUT2D eigenvalue weighted by Gasteiger charge is -2.21. The fraction of sp³-hybridized carbons (Fsp3) is 0.765. The van der Waals surface area contributed by atoms with E-state index in [9.17, 15) is 14.7 Å². The van der Waals surface area contributed by atoms with Crippen LogP contribution in [-0.4, -0.2) is 35.9 Å². The summed E-state index contributed by atoms with van der Waals surface area (Å²) in [7, 11) is 0. The molecular weight excluding hydrogens is 284 g/mol. The Morgan fingerprint density at radius 2 is 2.23 bits per heavy atom. The lowest BCUT2D eigenvalue weighted by atomic mass is 9.94. The van der Waals surface area contributed by atoms with Gasteiger partial charge in [-0.3, -0.25) is 9.59 Å². The molecule has 5 atom stereocenters. The molecule has 1 saturated heterocycles. The van der Waals surface area contributed by atoms with Gasteiger partial charge in [0.25, 0.3) is 0 Å². The fourth-order valence-corrected chi connectivity index (χ4v) is 3.82. The minimum atomic E-state index is -0.769. The number of ether oxygens (including phenoxy) is 2. The zero-order valence-electron chi connectivity index (χ0n) is 12.8. The average Bonchev–Trinajstić information content (AvgIpc) is 3.06.